The minimum Gasteiger partial charge on any atom is -0.341 e. The summed E-state index contributed by atoms with van der Waals surface area (Å²) in [6.07, 6.45) is 1.03. The zero-order chi connectivity index (χ0) is 6.91. The van der Waals surface area contributed by atoms with Crippen LogP contribution in [0.15, 0.2) is 0 Å². The smallest absolute Gasteiger partial charge is 0.317 e. The number of thioether (sulfide) groups is 1. The molecule has 1 aliphatic heterocycles. The number of epoxide rings is 1. The molecule has 1 heterocycles. The van der Waals surface area contributed by atoms with Gasteiger partial charge in [0.25, 0.3) is 0 Å². The lowest BCUT2D eigenvalue weighted by Crippen LogP contribution is -2.09. The fourth-order valence-electron chi connectivity index (χ4n) is 0.491. The monoisotopic (exact) mass is 150 g/mol. The van der Waals surface area contributed by atoms with E-state index in [1.165, 1.54) is 11.8 Å². The molecule has 1 atom stereocenters. The summed E-state index contributed by atoms with van der Waals surface area (Å²) >= 11 is 1.43. The van der Waals surface area contributed by atoms with E-state index in [1.54, 1.807) is 0 Å². The van der Waals surface area contributed by atoms with Crippen LogP contribution in [0, 0.1) is 0 Å². The topological polar surface area (TPSA) is 53.0 Å². The quantitative estimate of drug-likeness (QED) is 0.443. The highest BCUT2D eigenvalue weighted by Crippen LogP contribution is 2.39. The third kappa shape index (κ3) is 1.82. The SMILES string of the molecule is CCCSC1OC1(O)O. The highest BCUT2D eigenvalue weighted by Gasteiger charge is 2.55. The fourth-order valence-corrected chi connectivity index (χ4v) is 1.37. The lowest BCUT2D eigenvalue weighted by molar-refractivity contribution is -0.149. The number of rotatable bonds is 3. The Kier molecular flexibility index (Phi) is 2.00. The van der Waals surface area contributed by atoms with Crippen molar-refractivity contribution in [3.8, 4) is 0 Å². The van der Waals surface area contributed by atoms with Crippen LogP contribution in [0.3, 0.4) is 0 Å². The number of ether oxygens (including phenoxy) is 1. The molecule has 1 aliphatic rings. The van der Waals surface area contributed by atoms with Gasteiger partial charge in [0.15, 0.2) is 5.44 Å². The first-order valence-electron chi connectivity index (χ1n) is 2.91. The Morgan fingerprint density at radius 2 is 2.22 bits per heavy atom. The summed E-state index contributed by atoms with van der Waals surface area (Å²) < 4.78 is 4.48. The van der Waals surface area contributed by atoms with Crippen molar-refractivity contribution in [2.45, 2.75) is 24.8 Å². The van der Waals surface area contributed by atoms with Crippen LogP contribution < -0.4 is 0 Å². The molecular weight excluding hydrogens is 140 g/mol. The predicted molar refractivity (Wildman–Crippen MR) is 34.8 cm³/mol. The molecule has 4 heteroatoms. The lowest BCUT2D eigenvalue weighted by Gasteiger charge is -1.92. The molecule has 0 radical (unpaired) electrons. The molecular formula is C5H10O3S. The zero-order valence-corrected chi connectivity index (χ0v) is 6.02. The first-order valence-corrected chi connectivity index (χ1v) is 3.96. The minimum absolute atomic E-state index is 0.405. The normalized spacial score (nSPS) is 30.3. The van der Waals surface area contributed by atoms with Gasteiger partial charge in [-0.2, -0.15) is 0 Å². The maximum Gasteiger partial charge on any atom is 0.317 e. The molecule has 3 nitrogen and oxygen atoms in total. The summed E-state index contributed by atoms with van der Waals surface area (Å²) in [4.78, 5) is 0. The van der Waals surface area contributed by atoms with Crippen molar-refractivity contribution in [2.24, 2.45) is 0 Å². The van der Waals surface area contributed by atoms with Crippen LogP contribution in [0.2, 0.25) is 0 Å². The second-order valence-electron chi connectivity index (χ2n) is 1.98. The lowest BCUT2D eigenvalue weighted by atomic mass is 10.6. The van der Waals surface area contributed by atoms with E-state index in [0.717, 1.165) is 12.2 Å². The third-order valence-corrected chi connectivity index (χ3v) is 2.35. The number of hydrogen-bond acceptors (Lipinski definition) is 4. The Balaban J connectivity index is 2.06. The van der Waals surface area contributed by atoms with Gasteiger partial charge in [-0.25, -0.2) is 0 Å². The van der Waals surface area contributed by atoms with Crippen molar-refractivity contribution in [3.05, 3.63) is 0 Å². The number of hydrogen-bond donors (Lipinski definition) is 2. The van der Waals surface area contributed by atoms with Gasteiger partial charge in [0.05, 0.1) is 0 Å². The summed E-state index contributed by atoms with van der Waals surface area (Å²) in [7, 11) is 0. The van der Waals surface area contributed by atoms with Crippen molar-refractivity contribution in [3.63, 3.8) is 0 Å². The standard InChI is InChI=1S/C5H10O3S/c1-2-3-9-4-5(6,7)8-4/h4,6-7H,2-3H2,1H3. The first-order chi connectivity index (χ1) is 4.17. The van der Waals surface area contributed by atoms with Crippen LogP contribution in [-0.4, -0.2) is 27.4 Å². The highest BCUT2D eigenvalue weighted by molar-refractivity contribution is 8.00. The second-order valence-corrected chi connectivity index (χ2v) is 3.15. The molecule has 54 valence electrons. The van der Waals surface area contributed by atoms with E-state index in [-0.39, 0.29) is 0 Å². The van der Waals surface area contributed by atoms with Gasteiger partial charge in [-0.15, -0.1) is 11.8 Å². The van der Waals surface area contributed by atoms with Gasteiger partial charge in [-0.05, 0) is 12.2 Å². The van der Waals surface area contributed by atoms with Gasteiger partial charge >= 0.3 is 5.97 Å². The van der Waals surface area contributed by atoms with E-state index in [1.807, 2.05) is 6.92 Å². The van der Waals surface area contributed by atoms with Gasteiger partial charge in [0, 0.05) is 0 Å². The van der Waals surface area contributed by atoms with E-state index in [4.69, 9.17) is 10.2 Å². The van der Waals surface area contributed by atoms with E-state index in [2.05, 4.69) is 4.74 Å². The molecule has 0 amide bonds. The molecule has 0 bridgehead atoms. The largest absolute Gasteiger partial charge is 0.341 e. The summed E-state index contributed by atoms with van der Waals surface area (Å²) in [5, 5.41) is 17.3. The molecule has 2 N–H and O–H groups in total. The molecule has 1 unspecified atom stereocenters. The molecule has 0 aromatic carbocycles. The van der Waals surface area contributed by atoms with Crippen molar-refractivity contribution in [1.82, 2.24) is 0 Å². The fraction of sp³-hybridized carbons (Fsp3) is 1.00. The zero-order valence-electron chi connectivity index (χ0n) is 5.20. The van der Waals surface area contributed by atoms with Gasteiger partial charge in [-0.3, -0.25) is 0 Å². The summed E-state index contributed by atoms with van der Waals surface area (Å²) in [5.41, 5.74) is -0.405. The second kappa shape index (κ2) is 2.46. The maximum atomic E-state index is 8.63. The number of aliphatic hydroxyl groups is 2. The Morgan fingerprint density at radius 3 is 2.56 bits per heavy atom. The minimum atomic E-state index is -1.82. The molecule has 0 spiro atoms. The molecule has 0 aromatic heterocycles. The van der Waals surface area contributed by atoms with E-state index in [0.29, 0.717) is 0 Å². The Hall–Kier alpha value is 0.230. The van der Waals surface area contributed by atoms with Gasteiger partial charge in [-0.1, -0.05) is 6.92 Å². The van der Waals surface area contributed by atoms with Gasteiger partial charge < -0.3 is 14.9 Å². The molecule has 0 aromatic rings. The maximum absolute atomic E-state index is 8.63. The van der Waals surface area contributed by atoms with Crippen molar-refractivity contribution < 1.29 is 14.9 Å². The van der Waals surface area contributed by atoms with Crippen LogP contribution >= 0.6 is 11.8 Å². The van der Waals surface area contributed by atoms with Crippen molar-refractivity contribution >= 4 is 11.8 Å². The molecule has 9 heavy (non-hydrogen) atoms. The molecule has 1 saturated heterocycles. The average molecular weight is 150 g/mol. The Labute approximate surface area is 58.0 Å². The van der Waals surface area contributed by atoms with E-state index in [9.17, 15) is 0 Å². The van der Waals surface area contributed by atoms with Crippen molar-refractivity contribution in [1.29, 1.82) is 0 Å². The van der Waals surface area contributed by atoms with Crippen LogP contribution in [-0.2, 0) is 4.74 Å². The van der Waals surface area contributed by atoms with E-state index < -0.39 is 11.4 Å². The molecule has 1 rings (SSSR count). The molecule has 1 fully saturated rings. The summed E-state index contributed by atoms with van der Waals surface area (Å²) in [5.74, 6) is -0.909. The van der Waals surface area contributed by atoms with Gasteiger partial charge in [0.2, 0.25) is 0 Å². The summed E-state index contributed by atoms with van der Waals surface area (Å²) in [6.45, 7) is 2.03. The average Bonchev–Trinajstić information content (AvgIpc) is 2.35. The highest BCUT2D eigenvalue weighted by atomic mass is 32.2. The Bertz CT molecular complexity index is 104. The molecule has 0 aliphatic carbocycles. The third-order valence-electron chi connectivity index (χ3n) is 1.00. The van der Waals surface area contributed by atoms with Crippen LogP contribution in [0.4, 0.5) is 0 Å². The molecule has 0 saturated carbocycles. The van der Waals surface area contributed by atoms with Crippen molar-refractivity contribution in [2.75, 3.05) is 5.75 Å². The van der Waals surface area contributed by atoms with E-state index >= 15 is 0 Å². The Morgan fingerprint density at radius 1 is 1.67 bits per heavy atom. The van der Waals surface area contributed by atoms with Crippen LogP contribution in [0.5, 0.6) is 0 Å². The van der Waals surface area contributed by atoms with Crippen LogP contribution in [0.1, 0.15) is 13.3 Å². The van der Waals surface area contributed by atoms with Crippen LogP contribution in [0.25, 0.3) is 0 Å². The first kappa shape index (κ1) is 7.34. The summed E-state index contributed by atoms with van der Waals surface area (Å²) in [6, 6.07) is 0. The predicted octanol–water partition coefficient (Wildman–Crippen LogP) is 0.124. The van der Waals surface area contributed by atoms with Gasteiger partial charge in [0.1, 0.15) is 0 Å².